The van der Waals surface area contributed by atoms with Crippen molar-refractivity contribution in [3.8, 4) is 28.5 Å². The Hall–Kier alpha value is -4.58. The van der Waals surface area contributed by atoms with Crippen molar-refractivity contribution >= 4 is 22.0 Å². The summed E-state index contributed by atoms with van der Waals surface area (Å²) in [6.45, 7) is 4.51. The third-order valence-corrected chi connectivity index (χ3v) is 7.00. The summed E-state index contributed by atoms with van der Waals surface area (Å²) in [7, 11) is -4.59. The van der Waals surface area contributed by atoms with E-state index < -0.39 is 33.3 Å². The first-order chi connectivity index (χ1) is 18.4. The molecular formula is C27H27FN4O6S. The maximum atomic E-state index is 14.7. The monoisotopic (exact) mass is 554 g/mol. The van der Waals surface area contributed by atoms with Gasteiger partial charge in [-0.05, 0) is 69.3 Å². The molecular weight excluding hydrogens is 527 g/mol. The number of benzene rings is 3. The lowest BCUT2D eigenvalue weighted by atomic mass is 10.1. The van der Waals surface area contributed by atoms with Crippen LogP contribution in [0.15, 0.2) is 79.0 Å². The highest BCUT2D eigenvalue weighted by Gasteiger charge is 2.37. The van der Waals surface area contributed by atoms with Crippen LogP contribution in [-0.2, 0) is 16.8 Å². The van der Waals surface area contributed by atoms with E-state index in [0.29, 0.717) is 17.3 Å². The number of amides is 1. The first-order valence-corrected chi connectivity index (χ1v) is 13.2. The van der Waals surface area contributed by atoms with Crippen LogP contribution in [0, 0.1) is 5.82 Å². The van der Waals surface area contributed by atoms with Crippen molar-refractivity contribution in [2.24, 2.45) is 0 Å². The van der Waals surface area contributed by atoms with E-state index in [0.717, 1.165) is 23.4 Å². The van der Waals surface area contributed by atoms with Gasteiger partial charge in [-0.2, -0.15) is 12.7 Å². The summed E-state index contributed by atoms with van der Waals surface area (Å²) in [6.07, 6.45) is 0.0743. The molecule has 1 amide bonds. The summed E-state index contributed by atoms with van der Waals surface area (Å²) < 4.78 is 53.5. The highest BCUT2D eigenvalue weighted by atomic mass is 32.2. The zero-order valence-corrected chi connectivity index (χ0v) is 22.2. The maximum Gasteiger partial charge on any atom is 0.422 e. The van der Waals surface area contributed by atoms with Crippen molar-refractivity contribution in [2.75, 3.05) is 4.72 Å². The van der Waals surface area contributed by atoms with Gasteiger partial charge in [-0.1, -0.05) is 18.2 Å². The number of H-pyrrole nitrogens is 1. The summed E-state index contributed by atoms with van der Waals surface area (Å²) in [5.74, 6) is 1.00. The molecule has 0 atom stereocenters. The van der Waals surface area contributed by atoms with Crippen molar-refractivity contribution in [3.63, 3.8) is 0 Å². The van der Waals surface area contributed by atoms with Gasteiger partial charge in [0.1, 0.15) is 29.7 Å². The number of halogens is 1. The zero-order valence-electron chi connectivity index (χ0n) is 21.4. The van der Waals surface area contributed by atoms with E-state index in [1.54, 1.807) is 30.5 Å². The van der Waals surface area contributed by atoms with Gasteiger partial charge in [0.15, 0.2) is 5.82 Å². The molecule has 4 aromatic rings. The van der Waals surface area contributed by atoms with Crippen LogP contribution in [0.2, 0.25) is 0 Å². The molecule has 0 bridgehead atoms. The van der Waals surface area contributed by atoms with Crippen LogP contribution < -0.4 is 14.2 Å². The second-order valence-corrected chi connectivity index (χ2v) is 10.9. The summed E-state index contributed by atoms with van der Waals surface area (Å²) in [6, 6.07) is 19.9. The quantitative estimate of drug-likeness (QED) is 0.230. The van der Waals surface area contributed by atoms with Gasteiger partial charge in [0, 0.05) is 17.8 Å². The molecule has 3 aromatic carbocycles. The normalized spacial score (nSPS) is 11.6. The van der Waals surface area contributed by atoms with Crippen LogP contribution in [0.25, 0.3) is 11.3 Å². The number of rotatable bonds is 9. The van der Waals surface area contributed by atoms with Crippen molar-refractivity contribution in [3.05, 3.63) is 90.6 Å². The smallest absolute Gasteiger partial charge is 0.422 e. The van der Waals surface area contributed by atoms with Gasteiger partial charge < -0.3 is 19.6 Å². The number of carboxylic acid groups (broad SMARTS) is 1. The van der Waals surface area contributed by atoms with Gasteiger partial charge in [0.25, 0.3) is 0 Å². The maximum absolute atomic E-state index is 14.7. The minimum absolute atomic E-state index is 0.120. The van der Waals surface area contributed by atoms with Gasteiger partial charge >= 0.3 is 16.3 Å². The standard InChI is InChI=1S/C27H27FN4O6S/c1-27(2,3)32(26(33)34)39(35,36)31-23-14-13-21(15-22(23)28)38-20-11-9-18(10-12-20)24-16-29-25(30-24)17-37-19-7-5-4-6-8-19/h4-16,31H,17H2,1-3H3,(H,29,30)(H,33,34). The number of nitrogens with zero attached hydrogens (tertiary/aromatic N) is 2. The summed E-state index contributed by atoms with van der Waals surface area (Å²) in [4.78, 5) is 19.1. The van der Waals surface area contributed by atoms with E-state index >= 15 is 0 Å². The van der Waals surface area contributed by atoms with Crippen molar-refractivity contribution in [1.82, 2.24) is 14.3 Å². The number of anilines is 1. The molecule has 0 fully saturated rings. The fourth-order valence-corrected chi connectivity index (χ4v) is 5.12. The number of nitrogens with one attached hydrogen (secondary N) is 2. The lowest BCUT2D eigenvalue weighted by Crippen LogP contribution is -2.51. The first kappa shape index (κ1) is 27.5. The molecule has 12 heteroatoms. The van der Waals surface area contributed by atoms with E-state index in [1.807, 2.05) is 35.1 Å². The Labute approximate surface area is 225 Å². The van der Waals surface area contributed by atoms with E-state index in [-0.39, 0.29) is 16.7 Å². The molecule has 0 radical (unpaired) electrons. The molecule has 0 saturated heterocycles. The van der Waals surface area contributed by atoms with Crippen molar-refractivity contribution < 1.29 is 32.2 Å². The van der Waals surface area contributed by atoms with Crippen LogP contribution in [0.1, 0.15) is 26.6 Å². The lowest BCUT2D eigenvalue weighted by Gasteiger charge is -2.31. The van der Waals surface area contributed by atoms with Crippen molar-refractivity contribution in [1.29, 1.82) is 0 Å². The van der Waals surface area contributed by atoms with Gasteiger partial charge in [-0.15, -0.1) is 0 Å². The highest BCUT2D eigenvalue weighted by Crippen LogP contribution is 2.29. The number of ether oxygens (including phenoxy) is 2. The van der Waals surface area contributed by atoms with Crippen LogP contribution in [0.3, 0.4) is 0 Å². The number of carbonyl (C=O) groups is 1. The fraction of sp³-hybridized carbons (Fsp3) is 0.185. The Balaban J connectivity index is 1.40. The second kappa shape index (κ2) is 11.0. The largest absolute Gasteiger partial charge is 0.486 e. The minimum Gasteiger partial charge on any atom is -0.486 e. The number of imidazole rings is 1. The molecule has 4 rings (SSSR count). The molecule has 0 saturated carbocycles. The second-order valence-electron chi connectivity index (χ2n) is 9.43. The summed E-state index contributed by atoms with van der Waals surface area (Å²) >= 11 is 0. The number of hydrogen-bond acceptors (Lipinski definition) is 6. The number of hydrogen-bond donors (Lipinski definition) is 3. The van der Waals surface area contributed by atoms with E-state index in [4.69, 9.17) is 9.47 Å². The fourth-order valence-electron chi connectivity index (χ4n) is 3.66. The van der Waals surface area contributed by atoms with Gasteiger partial charge in [-0.3, -0.25) is 4.72 Å². The molecule has 3 N–H and O–H groups in total. The molecule has 0 aliphatic carbocycles. The van der Waals surface area contributed by atoms with Crippen LogP contribution in [0.5, 0.6) is 17.2 Å². The van der Waals surface area contributed by atoms with Crippen LogP contribution in [0.4, 0.5) is 14.9 Å². The van der Waals surface area contributed by atoms with E-state index in [1.165, 1.54) is 26.8 Å². The highest BCUT2D eigenvalue weighted by molar-refractivity contribution is 7.91. The molecule has 1 aromatic heterocycles. The average Bonchev–Trinajstić information content (AvgIpc) is 3.33. The third kappa shape index (κ3) is 6.85. The Morgan fingerprint density at radius 1 is 1.03 bits per heavy atom. The molecule has 0 aliphatic heterocycles. The number of aromatic nitrogens is 2. The first-order valence-electron chi connectivity index (χ1n) is 11.8. The molecule has 39 heavy (non-hydrogen) atoms. The molecule has 1 heterocycles. The zero-order chi connectivity index (χ0) is 28.2. The number of aromatic amines is 1. The molecule has 0 aliphatic rings. The molecule has 0 unspecified atom stereocenters. The minimum atomic E-state index is -4.59. The Kier molecular flexibility index (Phi) is 7.77. The molecule has 204 valence electrons. The summed E-state index contributed by atoms with van der Waals surface area (Å²) in [5.41, 5.74) is -0.167. The van der Waals surface area contributed by atoms with Crippen LogP contribution >= 0.6 is 0 Å². The predicted octanol–water partition coefficient (Wildman–Crippen LogP) is 6.02. The third-order valence-electron chi connectivity index (χ3n) is 5.34. The SMILES string of the molecule is CC(C)(C)N(C(=O)O)S(=O)(=O)Nc1ccc(Oc2ccc(-c3c[nH]c(COc4ccccc4)n3)cc2)cc1F. The van der Waals surface area contributed by atoms with E-state index in [2.05, 4.69) is 9.97 Å². The van der Waals surface area contributed by atoms with Crippen molar-refractivity contribution in [2.45, 2.75) is 32.9 Å². The Morgan fingerprint density at radius 3 is 2.31 bits per heavy atom. The van der Waals surface area contributed by atoms with Crippen LogP contribution in [-0.4, -0.2) is 39.4 Å². The Bertz CT molecular complexity index is 1550. The van der Waals surface area contributed by atoms with Gasteiger partial charge in [0.05, 0.1) is 16.9 Å². The number of para-hydroxylation sites is 1. The topological polar surface area (TPSA) is 134 Å². The summed E-state index contributed by atoms with van der Waals surface area (Å²) in [5, 5.41) is 9.34. The molecule has 0 spiro atoms. The Morgan fingerprint density at radius 2 is 1.69 bits per heavy atom. The van der Waals surface area contributed by atoms with Gasteiger partial charge in [0.2, 0.25) is 0 Å². The predicted molar refractivity (Wildman–Crippen MR) is 143 cm³/mol. The van der Waals surface area contributed by atoms with Gasteiger partial charge in [-0.25, -0.2) is 14.2 Å². The average molecular weight is 555 g/mol. The van der Waals surface area contributed by atoms with E-state index in [9.17, 15) is 22.7 Å². The molecule has 10 nitrogen and oxygen atoms in total. The lowest BCUT2D eigenvalue weighted by molar-refractivity contribution is 0.147.